The summed E-state index contributed by atoms with van der Waals surface area (Å²) < 4.78 is 128. The van der Waals surface area contributed by atoms with Gasteiger partial charge in [-0.15, -0.1) is 11.8 Å². The van der Waals surface area contributed by atoms with E-state index in [2.05, 4.69) is 13.8 Å². The monoisotopic (exact) mass is 2020 g/mol. The molecule has 3 N–H and O–H groups in total. The van der Waals surface area contributed by atoms with Gasteiger partial charge in [0.2, 0.25) is 4.93 Å². The molecule has 32 atom stereocenters. The zero-order valence-corrected chi connectivity index (χ0v) is 91.1. The van der Waals surface area contributed by atoms with Crippen molar-refractivity contribution in [3.05, 3.63) is 71.8 Å². The first-order chi connectivity index (χ1) is 65.3. The molecule has 0 aliphatic carbocycles. The maximum Gasteiger partial charge on any atom is 0.366 e. The standard InChI is InChI=1S/C52H82O17.C36H56O12.C18H32O5S/c1-18-35(63-33(7)53)30(4)39-29(3)28(2)24-52(69-39,48(58)59-17)62-27-36-38(54)31(5)41(67-46(56)50(11,12)13)44(64-36)66-40-32(6)42(68-47(57)51(14,15)16)43(60-25-34-22-20-19-21-23-34)65-37(40)26-61-45(55)49(8,9)10;1-20-25(38)23(17-37)44-30(27(20)47-32(40)35(6,7)8)46-26-21(2)28(48-33(41)36(9,10)11)29(42-18-22-15-13-12-14-16-22)45-24(26)19-43-31(39)34(3,4)5;1-8-15(22-14(6)19)13(5)16-12(4)11(3)10-18(23-16,24-9-2)17(20)21-7/h19-23,28-32,35-44,54H,18,24-27H2,1-17H3;12-16,20-21,23-30,37-38H,17-19H2,1-11H3;11-13,15-16H,8-10H2,1-7H3/t28-,29-,30-,31+,32+,35-,36?,37?,38-,39?,40+,41?,42?,43-,44+,52-;20-,21-,23?,24?,25+,26-,27?,28?,29+,30-;11-,12-,13-,15-,16?,18+/m101/s1. The van der Waals surface area contributed by atoms with E-state index in [4.69, 9.17) is 99.5 Å². The third kappa shape index (κ3) is 33.5. The summed E-state index contributed by atoms with van der Waals surface area (Å²) in [5.74, 6) is -9.17. The number of rotatable bonds is 34. The Morgan fingerprint density at radius 2 is 0.738 bits per heavy atom. The molecule has 2 aromatic rings. The smallest absolute Gasteiger partial charge is 0.366 e. The van der Waals surface area contributed by atoms with Crippen molar-refractivity contribution in [2.75, 3.05) is 46.4 Å². The van der Waals surface area contributed by atoms with E-state index < -0.39 is 238 Å². The molecule has 8 rings (SSSR count). The fourth-order valence-corrected chi connectivity index (χ4v) is 18.6. The first-order valence-corrected chi connectivity index (χ1v) is 50.8. The highest BCUT2D eigenvalue weighted by Crippen LogP contribution is 2.49. The number of hydrogen-bond acceptors (Lipinski definition) is 35. The van der Waals surface area contributed by atoms with Crippen molar-refractivity contribution in [2.45, 2.75) is 401 Å². The third-order valence-corrected chi connectivity index (χ3v) is 28.0. The van der Waals surface area contributed by atoms with Gasteiger partial charge in [0.05, 0.1) is 110 Å². The molecule has 0 radical (unpaired) electrons. The number of thioether (sulfide) groups is 1. The molecule has 6 aliphatic heterocycles. The Bertz CT molecular complexity index is 4300. The third-order valence-electron chi connectivity index (χ3n) is 26.8. The Morgan fingerprint density at radius 3 is 1.06 bits per heavy atom. The van der Waals surface area contributed by atoms with E-state index in [1.54, 1.807) is 152 Å². The Balaban J connectivity index is 0.000000363. The maximum absolute atomic E-state index is 13.9. The van der Waals surface area contributed by atoms with Crippen molar-refractivity contribution in [3.63, 3.8) is 0 Å². The average molecular weight is 2020 g/mol. The zero-order chi connectivity index (χ0) is 107. The molecule has 6 fully saturated rings. The zero-order valence-electron chi connectivity index (χ0n) is 90.3. The van der Waals surface area contributed by atoms with E-state index in [1.807, 2.05) is 109 Å². The second kappa shape index (κ2) is 52.5. The van der Waals surface area contributed by atoms with Crippen LogP contribution < -0.4 is 0 Å². The van der Waals surface area contributed by atoms with Crippen molar-refractivity contribution in [1.82, 2.24) is 0 Å². The Hall–Kier alpha value is -7.07. The highest BCUT2D eigenvalue weighted by Gasteiger charge is 2.60. The van der Waals surface area contributed by atoms with Crippen LogP contribution in [0.5, 0.6) is 0 Å². The van der Waals surface area contributed by atoms with Crippen molar-refractivity contribution in [3.8, 4) is 0 Å². The summed E-state index contributed by atoms with van der Waals surface area (Å²) in [4.78, 5) is 129. The quantitative estimate of drug-likeness (QED) is 0.0433. The average Bonchev–Trinajstić information content (AvgIpc) is 0.726. The molecular formula is C106H170O34S. The molecule has 35 heteroatoms. The van der Waals surface area contributed by atoms with Crippen LogP contribution in [0, 0.1) is 91.7 Å². The molecule has 6 heterocycles. The predicted molar refractivity (Wildman–Crippen MR) is 520 cm³/mol. The fourth-order valence-electron chi connectivity index (χ4n) is 17.4. The predicted octanol–water partition coefficient (Wildman–Crippen LogP) is 14.9. The molecular weight excluding hydrogens is 1850 g/mol. The SMILES string of the molecule is CCS[C@]1(C(=O)OC)C[C@@H](C)[C@@H](C)C([C@H](C)[C@@H](CC)OC(C)=O)O1.CC[C@@H](OC(C)=O)[C@@H](C)C1O[C@@](OCC2O[C@@H](O[C@@H]3C(COC(=O)C(C)(C)C)O[C@@H](OCc4ccccc4)C(OC(=O)C(C)(C)C)[C@H]3C)C(OC(=O)C(C)(C)C)[C@@H](C)[C@H]2O)(C(=O)OC)C[C@@H](C)[C@H]1C.C[C@@H]1C(OC(=O)C(C)(C)C)[C@H](OCc2ccccc2)OC(COC(=O)C(C)(C)C)[C@H]1O[C@@H]1OC(CO)[C@H](O)[C@H](C)C1OC(=O)C(C)(C)C. The number of carbonyl (C=O) groups excluding carboxylic acids is 10. The molecule has 2 aromatic carbocycles. The number of aliphatic hydroxyl groups is 3. The highest BCUT2D eigenvalue weighted by molar-refractivity contribution is 8.01. The van der Waals surface area contributed by atoms with Gasteiger partial charge in [-0.1, -0.05) is 151 Å². The lowest BCUT2D eigenvalue weighted by atomic mass is 9.76. The minimum absolute atomic E-state index is 0.00172. The Morgan fingerprint density at radius 1 is 0.411 bits per heavy atom. The van der Waals surface area contributed by atoms with Crippen LogP contribution in [0.3, 0.4) is 0 Å². The maximum atomic E-state index is 13.9. The lowest BCUT2D eigenvalue weighted by molar-refractivity contribution is -0.359. The summed E-state index contributed by atoms with van der Waals surface area (Å²) in [6, 6.07) is 18.8. The number of carbonyl (C=O) groups is 10. The summed E-state index contributed by atoms with van der Waals surface area (Å²) in [7, 11) is 2.63. The lowest BCUT2D eigenvalue weighted by Crippen LogP contribution is -2.63. The van der Waals surface area contributed by atoms with Crippen LogP contribution >= 0.6 is 11.8 Å². The largest absolute Gasteiger partial charge is 0.466 e. The first-order valence-electron chi connectivity index (χ1n) is 49.9. The van der Waals surface area contributed by atoms with Gasteiger partial charge in [-0.3, -0.25) is 38.4 Å². The molecule has 6 aliphatic rings. The van der Waals surface area contributed by atoms with Gasteiger partial charge in [0.1, 0.15) is 49.8 Å². The molecule has 0 amide bonds. The minimum Gasteiger partial charge on any atom is -0.466 e. The van der Waals surface area contributed by atoms with Gasteiger partial charge in [0.25, 0.3) is 5.79 Å². The summed E-state index contributed by atoms with van der Waals surface area (Å²) in [6.07, 6.45) is -17.7. The number of benzene rings is 2. The lowest BCUT2D eigenvalue weighted by Gasteiger charge is -2.50. The highest BCUT2D eigenvalue weighted by atomic mass is 32.2. The summed E-state index contributed by atoms with van der Waals surface area (Å²) in [6.45, 7) is 57.4. The van der Waals surface area contributed by atoms with Crippen molar-refractivity contribution in [1.29, 1.82) is 0 Å². The van der Waals surface area contributed by atoms with Crippen LogP contribution in [0.4, 0.5) is 0 Å². The van der Waals surface area contributed by atoms with E-state index >= 15 is 0 Å². The topological polar surface area (TPSA) is 425 Å². The van der Waals surface area contributed by atoms with Crippen molar-refractivity contribution < 1.29 is 163 Å². The van der Waals surface area contributed by atoms with Crippen LogP contribution in [0.25, 0.3) is 0 Å². The van der Waals surface area contributed by atoms with E-state index in [1.165, 1.54) is 39.8 Å². The summed E-state index contributed by atoms with van der Waals surface area (Å²) in [5, 5.41) is 32.9. The van der Waals surface area contributed by atoms with Gasteiger partial charge >= 0.3 is 59.7 Å². The van der Waals surface area contributed by atoms with Gasteiger partial charge in [-0.2, -0.15) is 0 Å². The van der Waals surface area contributed by atoms with E-state index in [0.29, 0.717) is 25.2 Å². The second-order valence-electron chi connectivity index (χ2n) is 45.1. The Kier molecular flexibility index (Phi) is 45.7. The van der Waals surface area contributed by atoms with Crippen molar-refractivity contribution in [2.24, 2.45) is 91.7 Å². The van der Waals surface area contributed by atoms with E-state index in [9.17, 15) is 63.3 Å². The Labute approximate surface area is 840 Å². The molecule has 0 saturated carbocycles. The molecule has 804 valence electrons. The number of hydrogen-bond donors (Lipinski definition) is 3. The van der Waals surface area contributed by atoms with E-state index in [0.717, 1.165) is 16.9 Å². The van der Waals surface area contributed by atoms with Gasteiger partial charge in [-0.05, 0) is 184 Å². The molecule has 10 unspecified atom stereocenters. The first kappa shape index (κ1) is 123. The van der Waals surface area contributed by atoms with Gasteiger partial charge in [0, 0.05) is 55.8 Å². The van der Waals surface area contributed by atoms with E-state index in [-0.39, 0.29) is 86.6 Å². The van der Waals surface area contributed by atoms with Gasteiger partial charge in [0.15, 0.2) is 49.6 Å². The number of ether oxygens (including phenoxy) is 21. The molecule has 0 spiro atoms. The van der Waals surface area contributed by atoms with Gasteiger partial charge in [-0.25, -0.2) is 9.59 Å². The van der Waals surface area contributed by atoms with Crippen LogP contribution in [-0.4, -0.2) is 255 Å². The minimum atomic E-state index is -1.96. The summed E-state index contributed by atoms with van der Waals surface area (Å²) >= 11 is 1.49. The van der Waals surface area contributed by atoms with Crippen molar-refractivity contribution >= 4 is 71.5 Å². The number of methoxy groups -OCH3 is 2. The fraction of sp³-hybridized carbons (Fsp3) is 0.792. The normalized spacial score (nSPS) is 32.5. The number of esters is 10. The van der Waals surface area contributed by atoms with Crippen LogP contribution in [0.2, 0.25) is 0 Å². The summed E-state index contributed by atoms with van der Waals surface area (Å²) in [5.41, 5.74) is -3.60. The molecule has 0 aromatic heterocycles. The number of aliphatic hydroxyl groups excluding tert-OH is 3. The molecule has 6 saturated heterocycles. The molecule has 141 heavy (non-hydrogen) atoms. The second-order valence-corrected chi connectivity index (χ2v) is 46.6. The van der Waals surface area contributed by atoms with Crippen LogP contribution in [0.15, 0.2) is 60.7 Å². The van der Waals surface area contributed by atoms with Crippen LogP contribution in [-0.2, 0) is 161 Å². The van der Waals surface area contributed by atoms with Gasteiger partial charge < -0.3 is 115 Å². The molecule has 0 bridgehead atoms. The molecule has 34 nitrogen and oxygen atoms in total. The van der Waals surface area contributed by atoms with Crippen LogP contribution in [0.1, 0.15) is 265 Å².